The third-order valence-corrected chi connectivity index (χ3v) is 3.65. The van der Waals surface area contributed by atoms with Crippen molar-refractivity contribution in [3.8, 4) is 0 Å². The van der Waals surface area contributed by atoms with Gasteiger partial charge in [0.05, 0.1) is 4.88 Å². The van der Waals surface area contributed by atoms with Crippen LogP contribution >= 0.6 is 11.3 Å². The molecule has 2 aromatic rings. The summed E-state index contributed by atoms with van der Waals surface area (Å²) in [6.45, 7) is 0. The van der Waals surface area contributed by atoms with Gasteiger partial charge in [-0.25, -0.2) is 4.79 Å². The summed E-state index contributed by atoms with van der Waals surface area (Å²) in [5.74, 6) is -1.03. The first-order valence-corrected chi connectivity index (χ1v) is 6.78. The van der Waals surface area contributed by atoms with Crippen LogP contribution in [0.5, 0.6) is 0 Å². The Bertz CT molecular complexity index is 678. The van der Waals surface area contributed by atoms with E-state index in [1.165, 1.54) is 23.5 Å². The fraction of sp³-hybridized carbons (Fsp3) is 0.0667. The fourth-order valence-electron chi connectivity index (χ4n) is 1.70. The van der Waals surface area contributed by atoms with E-state index in [9.17, 15) is 9.59 Å². The number of carboxylic acid groups (broad SMARTS) is 1. The summed E-state index contributed by atoms with van der Waals surface area (Å²) >= 11 is 1.40. The summed E-state index contributed by atoms with van der Waals surface area (Å²) in [7, 11) is 1.82. The highest BCUT2D eigenvalue weighted by molar-refractivity contribution is 7.12. The van der Waals surface area contributed by atoms with Crippen molar-refractivity contribution in [1.82, 2.24) is 4.57 Å². The Balaban J connectivity index is 2.14. The van der Waals surface area contributed by atoms with Crippen molar-refractivity contribution < 1.29 is 14.7 Å². The second-order valence-corrected chi connectivity index (χ2v) is 5.04. The molecule has 0 fully saturated rings. The smallest absolute Gasteiger partial charge is 0.328 e. The van der Waals surface area contributed by atoms with Crippen molar-refractivity contribution in [1.29, 1.82) is 0 Å². The number of hydrogen-bond acceptors (Lipinski definition) is 3. The number of aromatic nitrogens is 1. The van der Waals surface area contributed by atoms with E-state index in [0.717, 1.165) is 17.5 Å². The number of allylic oxidation sites excluding steroid dienone is 1. The van der Waals surface area contributed by atoms with Crippen LogP contribution < -0.4 is 0 Å². The first kappa shape index (κ1) is 14.0. The van der Waals surface area contributed by atoms with Gasteiger partial charge in [0, 0.05) is 24.5 Å². The summed E-state index contributed by atoms with van der Waals surface area (Å²) in [6.07, 6.45) is 5.84. The molecule has 0 radical (unpaired) electrons. The van der Waals surface area contributed by atoms with Gasteiger partial charge in [0.25, 0.3) is 0 Å². The number of carboxylic acids is 1. The number of carbonyl (C=O) groups excluding carboxylic acids is 1. The molecule has 2 heterocycles. The Morgan fingerprint density at radius 2 is 1.80 bits per heavy atom. The van der Waals surface area contributed by atoms with Crippen molar-refractivity contribution >= 4 is 35.2 Å². The van der Waals surface area contributed by atoms with Crippen molar-refractivity contribution in [2.24, 2.45) is 7.05 Å². The Morgan fingerprint density at radius 3 is 2.35 bits per heavy atom. The first-order chi connectivity index (χ1) is 9.58. The van der Waals surface area contributed by atoms with E-state index in [0.29, 0.717) is 4.88 Å². The van der Waals surface area contributed by atoms with E-state index in [1.54, 1.807) is 18.2 Å². The molecule has 0 bridgehead atoms. The molecule has 0 aliphatic heterocycles. The summed E-state index contributed by atoms with van der Waals surface area (Å²) in [5.41, 5.74) is 1.59. The Labute approximate surface area is 120 Å². The molecule has 0 spiro atoms. The van der Waals surface area contributed by atoms with Crippen LogP contribution in [0.15, 0.2) is 41.8 Å². The highest BCUT2D eigenvalue weighted by Gasteiger charge is 2.03. The lowest BCUT2D eigenvalue weighted by Gasteiger charge is -2.00. The topological polar surface area (TPSA) is 59.3 Å². The van der Waals surface area contributed by atoms with Crippen LogP contribution in [0.2, 0.25) is 0 Å². The van der Waals surface area contributed by atoms with E-state index < -0.39 is 5.97 Å². The lowest BCUT2D eigenvalue weighted by atomic mass is 10.2. The third-order valence-electron chi connectivity index (χ3n) is 2.77. The van der Waals surface area contributed by atoms with E-state index in [2.05, 4.69) is 0 Å². The van der Waals surface area contributed by atoms with Crippen LogP contribution in [-0.4, -0.2) is 21.4 Å². The monoisotopic (exact) mass is 287 g/mol. The lowest BCUT2D eigenvalue weighted by molar-refractivity contribution is -0.131. The van der Waals surface area contributed by atoms with Gasteiger partial charge in [-0.05, 0) is 41.8 Å². The molecule has 20 heavy (non-hydrogen) atoms. The quantitative estimate of drug-likeness (QED) is 0.679. The van der Waals surface area contributed by atoms with Gasteiger partial charge in [-0.2, -0.15) is 0 Å². The Kier molecular flexibility index (Phi) is 4.32. The zero-order valence-corrected chi connectivity index (χ0v) is 11.6. The lowest BCUT2D eigenvalue weighted by Crippen LogP contribution is -1.95. The summed E-state index contributed by atoms with van der Waals surface area (Å²) in [4.78, 5) is 23.0. The first-order valence-electron chi connectivity index (χ1n) is 5.90. The standard InChI is InChI=1S/C15H13NO3S/c1-16-11(4-5-12(16)7-9-15(18)19)6-8-13(17)14-3-2-10-20-14/h2-10H,1H3,(H,18,19)/b8-6+,9-7+. The predicted octanol–water partition coefficient (Wildman–Crippen LogP) is 3.08. The molecule has 2 rings (SSSR count). The van der Waals surface area contributed by atoms with E-state index in [4.69, 9.17) is 5.11 Å². The predicted molar refractivity (Wildman–Crippen MR) is 79.8 cm³/mol. The normalized spacial score (nSPS) is 11.4. The molecule has 4 nitrogen and oxygen atoms in total. The molecule has 2 aromatic heterocycles. The van der Waals surface area contributed by atoms with E-state index in [1.807, 2.05) is 29.1 Å². The zero-order valence-electron chi connectivity index (χ0n) is 10.8. The fourth-order valence-corrected chi connectivity index (χ4v) is 2.34. The minimum absolute atomic E-state index is 0.0381. The highest BCUT2D eigenvalue weighted by Crippen LogP contribution is 2.13. The van der Waals surface area contributed by atoms with Gasteiger partial charge in [-0.15, -0.1) is 11.3 Å². The van der Waals surface area contributed by atoms with E-state index in [-0.39, 0.29) is 5.78 Å². The van der Waals surface area contributed by atoms with Gasteiger partial charge in [-0.1, -0.05) is 6.07 Å². The van der Waals surface area contributed by atoms with Crippen LogP contribution in [-0.2, 0) is 11.8 Å². The second-order valence-electron chi connectivity index (χ2n) is 4.09. The maximum Gasteiger partial charge on any atom is 0.328 e. The van der Waals surface area contributed by atoms with Gasteiger partial charge in [0.15, 0.2) is 5.78 Å². The molecular weight excluding hydrogens is 274 g/mol. The van der Waals surface area contributed by atoms with Crippen LogP contribution in [0.3, 0.4) is 0 Å². The molecule has 5 heteroatoms. The number of ketones is 1. The molecule has 0 aliphatic rings. The largest absolute Gasteiger partial charge is 0.478 e. The number of carbonyl (C=O) groups is 2. The summed E-state index contributed by atoms with van der Waals surface area (Å²) in [5, 5.41) is 10.5. The van der Waals surface area contributed by atoms with Crippen molar-refractivity contribution in [2.45, 2.75) is 0 Å². The molecule has 0 aromatic carbocycles. The van der Waals surface area contributed by atoms with Crippen LogP contribution in [0.4, 0.5) is 0 Å². The highest BCUT2D eigenvalue weighted by atomic mass is 32.1. The summed E-state index contributed by atoms with van der Waals surface area (Å²) in [6, 6.07) is 7.25. The maximum absolute atomic E-state index is 11.8. The maximum atomic E-state index is 11.8. The zero-order chi connectivity index (χ0) is 14.5. The molecule has 0 amide bonds. The van der Waals surface area contributed by atoms with Crippen molar-refractivity contribution in [3.05, 3.63) is 58.1 Å². The molecule has 0 saturated heterocycles. The van der Waals surface area contributed by atoms with Gasteiger partial charge >= 0.3 is 5.97 Å². The van der Waals surface area contributed by atoms with Gasteiger partial charge < -0.3 is 9.67 Å². The van der Waals surface area contributed by atoms with Gasteiger partial charge in [0.2, 0.25) is 0 Å². The number of hydrogen-bond donors (Lipinski definition) is 1. The van der Waals surface area contributed by atoms with Gasteiger partial charge in [-0.3, -0.25) is 4.79 Å². The van der Waals surface area contributed by atoms with Crippen LogP contribution in [0, 0.1) is 0 Å². The molecular formula is C15H13NO3S. The van der Waals surface area contributed by atoms with Crippen molar-refractivity contribution in [3.63, 3.8) is 0 Å². The molecule has 0 aliphatic carbocycles. The molecule has 0 atom stereocenters. The number of rotatable bonds is 5. The summed E-state index contributed by atoms with van der Waals surface area (Å²) < 4.78 is 1.82. The minimum atomic E-state index is -0.990. The molecule has 0 saturated carbocycles. The Morgan fingerprint density at radius 1 is 1.15 bits per heavy atom. The number of nitrogens with zero attached hydrogens (tertiary/aromatic N) is 1. The number of aliphatic carboxylic acids is 1. The molecule has 102 valence electrons. The average Bonchev–Trinajstić information content (AvgIpc) is 3.04. The average molecular weight is 287 g/mol. The van der Waals surface area contributed by atoms with Crippen LogP contribution in [0.25, 0.3) is 12.2 Å². The van der Waals surface area contributed by atoms with E-state index >= 15 is 0 Å². The SMILES string of the molecule is Cn1c(/C=C/C(=O)O)ccc1/C=C/C(=O)c1cccs1. The minimum Gasteiger partial charge on any atom is -0.478 e. The molecule has 0 unspecified atom stereocenters. The molecule has 1 N–H and O–H groups in total. The van der Waals surface area contributed by atoms with Gasteiger partial charge in [0.1, 0.15) is 0 Å². The van der Waals surface area contributed by atoms with Crippen molar-refractivity contribution in [2.75, 3.05) is 0 Å². The second kappa shape index (κ2) is 6.16. The van der Waals surface area contributed by atoms with Crippen LogP contribution in [0.1, 0.15) is 21.1 Å². The third kappa shape index (κ3) is 3.33. The Hall–Kier alpha value is -2.40. The number of thiophene rings is 1.